The zero-order valence-corrected chi connectivity index (χ0v) is 22.5. The Balaban J connectivity index is 0.00000363. The summed E-state index contributed by atoms with van der Waals surface area (Å²) < 4.78 is 5.22. The van der Waals surface area contributed by atoms with E-state index in [1.807, 2.05) is 30.5 Å². The molecule has 1 amide bonds. The van der Waals surface area contributed by atoms with Gasteiger partial charge in [0, 0.05) is 32.6 Å². The lowest BCUT2D eigenvalue weighted by atomic mass is 10.0. The number of nitrogens with zero attached hydrogens (tertiary/aromatic N) is 4. The number of carbonyl (C=O) groups is 1. The van der Waals surface area contributed by atoms with E-state index in [4.69, 9.17) is 9.72 Å². The highest BCUT2D eigenvalue weighted by Gasteiger charge is 2.17. The second-order valence-electron chi connectivity index (χ2n) is 7.99. The van der Waals surface area contributed by atoms with E-state index in [0.717, 1.165) is 42.5 Å². The Hall–Kier alpha value is -1.88. The van der Waals surface area contributed by atoms with Gasteiger partial charge in [-0.2, -0.15) is 0 Å². The number of likely N-dealkylation sites (N-methyl/N-ethyl adjacent to an activating group) is 1. The van der Waals surface area contributed by atoms with Crippen LogP contribution >= 0.6 is 35.3 Å². The topological polar surface area (TPSA) is 70.1 Å². The average Bonchev–Trinajstić information content (AvgIpc) is 3.18. The second kappa shape index (κ2) is 13.0. The molecule has 0 saturated heterocycles. The number of ether oxygens (including phenoxy) is 1. The summed E-state index contributed by atoms with van der Waals surface area (Å²) in [5.74, 6) is 1.55. The third kappa shape index (κ3) is 7.61. The molecule has 0 bridgehead atoms. The molecule has 1 aliphatic carbocycles. The first-order chi connectivity index (χ1) is 15.0. The van der Waals surface area contributed by atoms with Crippen molar-refractivity contribution in [2.45, 2.75) is 38.6 Å². The first-order valence-corrected chi connectivity index (χ1v) is 11.6. The van der Waals surface area contributed by atoms with Crippen LogP contribution < -0.4 is 10.1 Å². The molecule has 0 aliphatic heterocycles. The molecular formula is C23H34IN5O2S. The Bertz CT molecular complexity index is 875. The first-order valence-electron chi connectivity index (χ1n) is 10.8. The van der Waals surface area contributed by atoms with Gasteiger partial charge >= 0.3 is 0 Å². The van der Waals surface area contributed by atoms with E-state index in [1.165, 1.54) is 29.0 Å². The average molecular weight is 572 g/mol. The van der Waals surface area contributed by atoms with Gasteiger partial charge in [-0.1, -0.05) is 12.1 Å². The van der Waals surface area contributed by atoms with Gasteiger partial charge in [0.25, 0.3) is 0 Å². The fourth-order valence-corrected chi connectivity index (χ4v) is 4.67. The van der Waals surface area contributed by atoms with E-state index in [9.17, 15) is 4.79 Å². The number of amides is 1. The third-order valence-corrected chi connectivity index (χ3v) is 6.48. The lowest BCUT2D eigenvalue weighted by molar-refractivity contribution is -0.127. The number of rotatable bonds is 8. The summed E-state index contributed by atoms with van der Waals surface area (Å²) in [4.78, 5) is 26.5. The molecule has 0 spiro atoms. The van der Waals surface area contributed by atoms with Gasteiger partial charge in [0.2, 0.25) is 5.91 Å². The van der Waals surface area contributed by atoms with E-state index in [-0.39, 0.29) is 36.4 Å². The van der Waals surface area contributed by atoms with E-state index >= 15 is 0 Å². The zero-order chi connectivity index (χ0) is 22.2. The summed E-state index contributed by atoms with van der Waals surface area (Å²) in [5, 5.41) is 4.53. The second-order valence-corrected chi connectivity index (χ2v) is 9.16. The molecule has 1 aromatic carbocycles. The Morgan fingerprint density at radius 2 is 1.91 bits per heavy atom. The number of hydrogen-bond acceptors (Lipinski definition) is 5. The number of thiazole rings is 1. The van der Waals surface area contributed by atoms with Gasteiger partial charge in [0.05, 0.1) is 19.3 Å². The predicted molar refractivity (Wildman–Crippen MR) is 141 cm³/mol. The number of aryl methyl sites for hydroxylation is 2. The van der Waals surface area contributed by atoms with Crippen molar-refractivity contribution in [3.05, 3.63) is 45.4 Å². The maximum Gasteiger partial charge on any atom is 0.243 e. The van der Waals surface area contributed by atoms with Crippen molar-refractivity contribution in [3.63, 3.8) is 0 Å². The van der Waals surface area contributed by atoms with Gasteiger partial charge in [0.15, 0.2) is 5.96 Å². The largest absolute Gasteiger partial charge is 0.497 e. The van der Waals surface area contributed by atoms with Crippen LogP contribution in [0.15, 0.2) is 29.3 Å². The van der Waals surface area contributed by atoms with Crippen molar-refractivity contribution in [1.82, 2.24) is 20.1 Å². The first kappa shape index (κ1) is 26.4. The van der Waals surface area contributed by atoms with Crippen LogP contribution in [0.25, 0.3) is 0 Å². The van der Waals surface area contributed by atoms with Crippen molar-refractivity contribution >= 4 is 47.2 Å². The molecule has 9 heteroatoms. The number of aliphatic imine (C=N–C) groups is 1. The van der Waals surface area contributed by atoms with Crippen molar-refractivity contribution in [2.75, 3.05) is 41.3 Å². The molecule has 0 saturated carbocycles. The van der Waals surface area contributed by atoms with Gasteiger partial charge in [-0.3, -0.25) is 4.79 Å². The summed E-state index contributed by atoms with van der Waals surface area (Å²) >= 11 is 1.81. The minimum Gasteiger partial charge on any atom is -0.497 e. The molecule has 1 aromatic heterocycles. The molecule has 0 atom stereocenters. The maximum absolute atomic E-state index is 12.1. The van der Waals surface area contributed by atoms with Crippen LogP contribution in [-0.4, -0.2) is 68.0 Å². The summed E-state index contributed by atoms with van der Waals surface area (Å²) in [6.45, 7) is 1.53. The van der Waals surface area contributed by atoms with Crippen molar-refractivity contribution in [2.24, 2.45) is 4.99 Å². The molecule has 1 aliphatic rings. The van der Waals surface area contributed by atoms with Crippen LogP contribution in [0, 0.1) is 0 Å². The number of methoxy groups -OCH3 is 1. The monoisotopic (exact) mass is 571 g/mol. The predicted octanol–water partition coefficient (Wildman–Crippen LogP) is 3.36. The summed E-state index contributed by atoms with van der Waals surface area (Å²) in [6.07, 6.45) is 5.59. The molecule has 0 fully saturated rings. The van der Waals surface area contributed by atoms with Gasteiger partial charge < -0.3 is 19.9 Å². The van der Waals surface area contributed by atoms with Crippen LogP contribution in [0.3, 0.4) is 0 Å². The highest BCUT2D eigenvalue weighted by Crippen LogP contribution is 2.27. The number of aromatic nitrogens is 1. The van der Waals surface area contributed by atoms with Crippen molar-refractivity contribution in [3.8, 4) is 5.75 Å². The standard InChI is InChI=1S/C23H33N5O2S.HI/c1-27(2)22(29)15-25-23(24-14-13-17-9-11-18(30-4)12-10-17)28(3)16-21-26-19-7-5-6-8-20(19)31-21;/h9-12H,5-8,13-16H2,1-4H3,(H,24,25);1H. The number of hydrogen-bond donors (Lipinski definition) is 1. The summed E-state index contributed by atoms with van der Waals surface area (Å²) in [6, 6.07) is 8.07. The Kier molecular flexibility index (Phi) is 10.7. The Labute approximate surface area is 212 Å². The molecular weight excluding hydrogens is 537 g/mol. The van der Waals surface area contributed by atoms with E-state index in [2.05, 4.69) is 27.3 Å². The van der Waals surface area contributed by atoms with Gasteiger partial charge in [0.1, 0.15) is 17.3 Å². The Morgan fingerprint density at radius 1 is 1.19 bits per heavy atom. The molecule has 0 radical (unpaired) electrons. The minimum absolute atomic E-state index is 0. The van der Waals surface area contributed by atoms with Gasteiger partial charge in [-0.15, -0.1) is 35.3 Å². The Morgan fingerprint density at radius 3 is 2.56 bits per heavy atom. The molecule has 32 heavy (non-hydrogen) atoms. The molecule has 0 unspecified atom stereocenters. The van der Waals surface area contributed by atoms with Crippen LogP contribution in [0.4, 0.5) is 0 Å². The van der Waals surface area contributed by atoms with Crippen molar-refractivity contribution < 1.29 is 9.53 Å². The minimum atomic E-state index is -0.0208. The van der Waals surface area contributed by atoms with Crippen LogP contribution in [0.2, 0.25) is 0 Å². The lowest BCUT2D eigenvalue weighted by Crippen LogP contribution is -2.40. The van der Waals surface area contributed by atoms with Gasteiger partial charge in [-0.25, -0.2) is 9.98 Å². The van der Waals surface area contributed by atoms with Crippen LogP contribution in [-0.2, 0) is 30.6 Å². The van der Waals surface area contributed by atoms with Crippen LogP contribution in [0.1, 0.15) is 34.0 Å². The summed E-state index contributed by atoms with van der Waals surface area (Å²) in [5.41, 5.74) is 2.49. The summed E-state index contributed by atoms with van der Waals surface area (Å²) in [7, 11) is 7.17. The zero-order valence-electron chi connectivity index (χ0n) is 19.4. The number of benzene rings is 1. The fourth-order valence-electron chi connectivity index (χ4n) is 3.46. The number of guanidine groups is 1. The highest BCUT2D eigenvalue weighted by atomic mass is 127. The molecule has 3 rings (SSSR count). The lowest BCUT2D eigenvalue weighted by Gasteiger charge is -2.22. The van der Waals surface area contributed by atoms with Gasteiger partial charge in [-0.05, 0) is 49.8 Å². The number of carbonyl (C=O) groups excluding carboxylic acids is 1. The fraction of sp³-hybridized carbons (Fsp3) is 0.522. The molecule has 2 aromatic rings. The SMILES string of the molecule is COc1ccc(CCNC(=NCC(=O)N(C)C)N(C)Cc2nc3c(s2)CCCC3)cc1.I. The molecule has 1 heterocycles. The van der Waals surface area contributed by atoms with E-state index in [1.54, 1.807) is 26.1 Å². The molecule has 176 valence electrons. The normalized spacial score (nSPS) is 13.1. The highest BCUT2D eigenvalue weighted by molar-refractivity contribution is 14.0. The van der Waals surface area contributed by atoms with Crippen LogP contribution in [0.5, 0.6) is 5.75 Å². The number of halogens is 1. The smallest absolute Gasteiger partial charge is 0.243 e. The van der Waals surface area contributed by atoms with E-state index in [0.29, 0.717) is 6.54 Å². The third-order valence-electron chi connectivity index (χ3n) is 5.34. The molecule has 7 nitrogen and oxygen atoms in total. The number of fused-ring (bicyclic) bond motifs is 1. The maximum atomic E-state index is 12.1. The van der Waals surface area contributed by atoms with Crippen molar-refractivity contribution in [1.29, 1.82) is 0 Å². The molecule has 1 N–H and O–H groups in total. The number of nitrogens with one attached hydrogen (secondary N) is 1. The quantitative estimate of drug-likeness (QED) is 0.299. The van der Waals surface area contributed by atoms with E-state index < -0.39 is 0 Å².